The van der Waals surface area contributed by atoms with Gasteiger partial charge in [0.05, 0.1) is 6.07 Å². The van der Waals surface area contributed by atoms with Gasteiger partial charge < -0.3 is 4.90 Å². The lowest BCUT2D eigenvalue weighted by molar-refractivity contribution is -0.137. The monoisotopic (exact) mass is 208 g/mol. The van der Waals surface area contributed by atoms with Gasteiger partial charge in [0.25, 0.3) is 0 Å². The minimum atomic E-state index is -0.175. The number of nitriles is 1. The Labute approximate surface area is 92.1 Å². The molecule has 3 heteroatoms. The first-order valence-corrected chi connectivity index (χ1v) is 5.90. The number of piperidine rings is 1. The van der Waals surface area contributed by atoms with Gasteiger partial charge in [-0.1, -0.05) is 20.3 Å². The van der Waals surface area contributed by atoms with Gasteiger partial charge in [-0.3, -0.25) is 4.79 Å². The fraction of sp³-hybridized carbons (Fsp3) is 0.833. The van der Waals surface area contributed by atoms with Crippen molar-refractivity contribution in [2.45, 2.75) is 52.0 Å². The molecule has 3 nitrogen and oxygen atoms in total. The molecular weight excluding hydrogens is 188 g/mol. The summed E-state index contributed by atoms with van der Waals surface area (Å²) in [5, 5.41) is 8.98. The number of amides is 1. The van der Waals surface area contributed by atoms with Gasteiger partial charge in [0, 0.05) is 12.5 Å². The van der Waals surface area contributed by atoms with E-state index in [0.717, 1.165) is 38.6 Å². The van der Waals surface area contributed by atoms with Gasteiger partial charge in [0.15, 0.2) is 0 Å². The largest absolute Gasteiger partial charge is 0.326 e. The molecule has 0 aromatic rings. The zero-order valence-corrected chi connectivity index (χ0v) is 9.70. The van der Waals surface area contributed by atoms with Crippen LogP contribution in [0, 0.1) is 17.2 Å². The second kappa shape index (κ2) is 5.75. The van der Waals surface area contributed by atoms with Crippen LogP contribution < -0.4 is 0 Å². The summed E-state index contributed by atoms with van der Waals surface area (Å²) >= 11 is 0. The van der Waals surface area contributed by atoms with E-state index in [1.54, 1.807) is 4.90 Å². The van der Waals surface area contributed by atoms with Gasteiger partial charge in [0.1, 0.15) is 6.04 Å². The quantitative estimate of drug-likeness (QED) is 0.714. The van der Waals surface area contributed by atoms with Gasteiger partial charge in [-0.2, -0.15) is 5.26 Å². The summed E-state index contributed by atoms with van der Waals surface area (Å²) in [6.07, 6.45) is 4.92. The highest BCUT2D eigenvalue weighted by molar-refractivity contribution is 5.79. The first-order valence-electron chi connectivity index (χ1n) is 5.90. The first kappa shape index (κ1) is 12.0. The van der Waals surface area contributed by atoms with Crippen molar-refractivity contribution in [3.63, 3.8) is 0 Å². The van der Waals surface area contributed by atoms with E-state index in [9.17, 15) is 4.79 Å². The van der Waals surface area contributed by atoms with Crippen LogP contribution in [0.25, 0.3) is 0 Å². The van der Waals surface area contributed by atoms with E-state index < -0.39 is 0 Å². The number of likely N-dealkylation sites (tertiary alicyclic amines) is 1. The van der Waals surface area contributed by atoms with Crippen LogP contribution in [0.1, 0.15) is 46.0 Å². The Hall–Kier alpha value is -1.04. The van der Waals surface area contributed by atoms with Gasteiger partial charge in [-0.05, 0) is 25.7 Å². The molecule has 0 radical (unpaired) electrons. The summed E-state index contributed by atoms with van der Waals surface area (Å²) in [5.74, 6) is 0.243. The summed E-state index contributed by atoms with van der Waals surface area (Å²) in [4.78, 5) is 13.8. The van der Waals surface area contributed by atoms with Crippen molar-refractivity contribution in [1.29, 1.82) is 5.26 Å². The summed E-state index contributed by atoms with van der Waals surface area (Å²) in [6, 6.07) is 2.06. The fourth-order valence-corrected chi connectivity index (χ4v) is 2.17. The van der Waals surface area contributed by atoms with E-state index in [0.29, 0.717) is 0 Å². The molecule has 0 spiro atoms. The topological polar surface area (TPSA) is 44.1 Å². The van der Waals surface area contributed by atoms with Gasteiger partial charge in [-0.25, -0.2) is 0 Å². The number of hydrogen-bond donors (Lipinski definition) is 0. The predicted octanol–water partition coefficient (Wildman–Crippen LogP) is 2.33. The number of nitrogens with zero attached hydrogens (tertiary/aromatic N) is 2. The molecule has 15 heavy (non-hydrogen) atoms. The number of carbonyl (C=O) groups is 1. The van der Waals surface area contributed by atoms with Gasteiger partial charge >= 0.3 is 0 Å². The molecule has 1 amide bonds. The molecule has 1 heterocycles. The molecule has 1 aliphatic heterocycles. The lowest BCUT2D eigenvalue weighted by atomic mass is 9.98. The molecule has 0 N–H and O–H groups in total. The predicted molar refractivity (Wildman–Crippen MR) is 59.0 cm³/mol. The molecule has 2 unspecified atom stereocenters. The lowest BCUT2D eigenvalue weighted by Crippen LogP contribution is -2.45. The molecule has 1 fully saturated rings. The van der Waals surface area contributed by atoms with Crippen molar-refractivity contribution < 1.29 is 4.79 Å². The number of hydrogen-bond acceptors (Lipinski definition) is 2. The van der Waals surface area contributed by atoms with Crippen LogP contribution in [-0.4, -0.2) is 23.4 Å². The van der Waals surface area contributed by atoms with Crippen LogP contribution >= 0.6 is 0 Å². The smallest absolute Gasteiger partial charge is 0.226 e. The molecule has 0 bridgehead atoms. The Kier molecular flexibility index (Phi) is 4.61. The second-order valence-corrected chi connectivity index (χ2v) is 4.36. The third-order valence-corrected chi connectivity index (χ3v) is 3.08. The Morgan fingerprint density at radius 3 is 2.93 bits per heavy atom. The first-order chi connectivity index (χ1) is 7.20. The Morgan fingerprint density at radius 2 is 2.33 bits per heavy atom. The Bertz CT molecular complexity index is 257. The molecule has 0 aromatic carbocycles. The van der Waals surface area contributed by atoms with Crippen molar-refractivity contribution >= 4 is 5.91 Å². The van der Waals surface area contributed by atoms with E-state index in [1.165, 1.54) is 0 Å². The lowest BCUT2D eigenvalue weighted by Gasteiger charge is -2.33. The van der Waals surface area contributed by atoms with Crippen LogP contribution in [0.3, 0.4) is 0 Å². The van der Waals surface area contributed by atoms with Crippen LogP contribution in [0.5, 0.6) is 0 Å². The fourth-order valence-electron chi connectivity index (χ4n) is 2.17. The summed E-state index contributed by atoms with van der Waals surface area (Å²) in [7, 11) is 0. The third-order valence-electron chi connectivity index (χ3n) is 3.08. The third kappa shape index (κ3) is 2.95. The maximum atomic E-state index is 12.0. The van der Waals surface area contributed by atoms with Crippen molar-refractivity contribution in [1.82, 2.24) is 4.90 Å². The molecular formula is C12H20N2O. The Morgan fingerprint density at radius 1 is 1.60 bits per heavy atom. The van der Waals surface area contributed by atoms with Crippen molar-refractivity contribution in [3.05, 3.63) is 0 Å². The van der Waals surface area contributed by atoms with E-state index in [1.807, 2.05) is 6.92 Å². The normalized spacial score (nSPS) is 23.3. The van der Waals surface area contributed by atoms with E-state index in [2.05, 4.69) is 13.0 Å². The van der Waals surface area contributed by atoms with Crippen LogP contribution in [0.4, 0.5) is 0 Å². The second-order valence-electron chi connectivity index (χ2n) is 4.36. The number of rotatable bonds is 3. The molecule has 1 aliphatic rings. The molecule has 2 atom stereocenters. The van der Waals surface area contributed by atoms with Crippen molar-refractivity contribution in [3.8, 4) is 6.07 Å². The summed E-state index contributed by atoms with van der Waals surface area (Å²) in [5.41, 5.74) is 0. The average molecular weight is 208 g/mol. The summed E-state index contributed by atoms with van der Waals surface area (Å²) < 4.78 is 0. The minimum absolute atomic E-state index is 0.0731. The minimum Gasteiger partial charge on any atom is -0.326 e. The van der Waals surface area contributed by atoms with Crippen LogP contribution in [0.2, 0.25) is 0 Å². The maximum Gasteiger partial charge on any atom is 0.226 e. The highest BCUT2D eigenvalue weighted by Crippen LogP contribution is 2.20. The Balaban J connectivity index is 2.60. The molecule has 84 valence electrons. The zero-order valence-electron chi connectivity index (χ0n) is 9.70. The zero-order chi connectivity index (χ0) is 11.3. The average Bonchev–Trinajstić information content (AvgIpc) is 2.28. The molecule has 1 saturated heterocycles. The molecule has 0 saturated carbocycles. The van der Waals surface area contributed by atoms with Gasteiger partial charge in [-0.15, -0.1) is 0 Å². The SMILES string of the molecule is CCCC(C)C(=O)N1CCCCC1C#N. The number of carbonyl (C=O) groups excluding carboxylic acids is 1. The van der Waals surface area contributed by atoms with Crippen LogP contribution in [-0.2, 0) is 4.79 Å². The van der Waals surface area contributed by atoms with Crippen molar-refractivity contribution in [2.75, 3.05) is 6.54 Å². The highest BCUT2D eigenvalue weighted by Gasteiger charge is 2.28. The van der Waals surface area contributed by atoms with E-state index >= 15 is 0 Å². The van der Waals surface area contributed by atoms with E-state index in [-0.39, 0.29) is 17.9 Å². The standard InChI is InChI=1S/C12H20N2O/c1-3-6-10(2)12(15)14-8-5-4-7-11(14)9-13/h10-11H,3-8H2,1-2H3. The maximum absolute atomic E-state index is 12.0. The molecule has 0 aromatic heterocycles. The van der Waals surface area contributed by atoms with Gasteiger partial charge in [0.2, 0.25) is 5.91 Å². The van der Waals surface area contributed by atoms with Crippen LogP contribution in [0.15, 0.2) is 0 Å². The van der Waals surface area contributed by atoms with E-state index in [4.69, 9.17) is 5.26 Å². The molecule has 1 rings (SSSR count). The highest BCUT2D eigenvalue weighted by atomic mass is 16.2. The van der Waals surface area contributed by atoms with Crippen molar-refractivity contribution in [2.24, 2.45) is 5.92 Å². The summed E-state index contributed by atoms with van der Waals surface area (Å²) in [6.45, 7) is 4.82. The molecule has 0 aliphatic carbocycles.